The Balaban J connectivity index is 0.00000110. The van der Waals surface area contributed by atoms with Crippen LogP contribution in [0.2, 0.25) is 0 Å². The summed E-state index contributed by atoms with van der Waals surface area (Å²) in [6, 6.07) is 0.664. The molecule has 0 aromatic heterocycles. The van der Waals surface area contributed by atoms with Crippen LogP contribution in [-0.4, -0.2) is 61.0 Å². The molecule has 0 bridgehead atoms. The van der Waals surface area contributed by atoms with E-state index in [1.807, 2.05) is 0 Å². The molecule has 0 radical (unpaired) electrons. The Hall–Kier alpha value is -0.0300. The second-order valence-corrected chi connectivity index (χ2v) is 6.40. The van der Waals surface area contributed by atoms with Crippen LogP contribution in [0.25, 0.3) is 0 Å². The van der Waals surface area contributed by atoms with E-state index in [0.717, 1.165) is 51.5 Å². The minimum atomic E-state index is 0. The highest BCUT2D eigenvalue weighted by atomic mass is 35.5. The molecule has 4 nitrogen and oxygen atoms in total. The Morgan fingerprint density at radius 3 is 2.57 bits per heavy atom. The van der Waals surface area contributed by atoms with Gasteiger partial charge in [-0.1, -0.05) is 0 Å². The maximum absolute atomic E-state index is 12.3. The largest absolute Gasteiger partial charge is 0.340 e. The molecule has 1 atom stereocenters. The molecular weight excluding hydrogens is 309 g/mol. The zero-order valence-electron chi connectivity index (χ0n) is 12.8. The minimum Gasteiger partial charge on any atom is -0.340 e. The van der Waals surface area contributed by atoms with E-state index in [4.69, 9.17) is 0 Å². The van der Waals surface area contributed by atoms with Crippen LogP contribution in [0.1, 0.15) is 38.5 Å². The predicted octanol–water partition coefficient (Wildman–Crippen LogP) is 1.92. The van der Waals surface area contributed by atoms with Crippen molar-refractivity contribution >= 4 is 30.7 Å². The molecule has 0 saturated carbocycles. The molecule has 1 unspecified atom stereocenters. The number of halogens is 2. The van der Waals surface area contributed by atoms with E-state index in [2.05, 4.69) is 15.1 Å². The Kier molecular flexibility index (Phi) is 8.32. The second kappa shape index (κ2) is 9.19. The SMILES string of the molecule is Cl.Cl.O=C(CCC1CCNCC1)N1CCN2CCCC2C1. The number of amides is 1. The van der Waals surface area contributed by atoms with Crippen molar-refractivity contribution in [1.29, 1.82) is 0 Å². The van der Waals surface area contributed by atoms with Crippen LogP contribution in [0.5, 0.6) is 0 Å². The monoisotopic (exact) mass is 337 g/mol. The normalized spacial score (nSPS) is 26.7. The van der Waals surface area contributed by atoms with Crippen LogP contribution < -0.4 is 5.32 Å². The van der Waals surface area contributed by atoms with Crippen molar-refractivity contribution in [2.45, 2.75) is 44.6 Å². The molecule has 3 heterocycles. The standard InChI is InChI=1S/C15H27N3O.2ClH/c19-15(4-3-13-5-7-16-8-6-13)18-11-10-17-9-1-2-14(17)12-18;;/h13-14,16H,1-12H2;2*1H. The van der Waals surface area contributed by atoms with E-state index in [0.29, 0.717) is 11.9 Å². The molecule has 3 aliphatic rings. The number of nitrogens with zero attached hydrogens (tertiary/aromatic N) is 2. The number of rotatable bonds is 3. The number of carbonyl (C=O) groups is 1. The lowest BCUT2D eigenvalue weighted by Gasteiger charge is -2.37. The van der Waals surface area contributed by atoms with Crippen LogP contribution >= 0.6 is 24.8 Å². The van der Waals surface area contributed by atoms with Gasteiger partial charge in [0.1, 0.15) is 0 Å². The highest BCUT2D eigenvalue weighted by molar-refractivity contribution is 5.85. The van der Waals surface area contributed by atoms with Gasteiger partial charge in [-0.25, -0.2) is 0 Å². The molecule has 0 aromatic rings. The van der Waals surface area contributed by atoms with Crippen LogP contribution in [0.3, 0.4) is 0 Å². The molecule has 3 saturated heterocycles. The van der Waals surface area contributed by atoms with Gasteiger partial charge in [0, 0.05) is 32.1 Å². The van der Waals surface area contributed by atoms with Gasteiger partial charge in [0.2, 0.25) is 5.91 Å². The van der Waals surface area contributed by atoms with E-state index < -0.39 is 0 Å². The van der Waals surface area contributed by atoms with Gasteiger partial charge in [0.15, 0.2) is 0 Å². The smallest absolute Gasteiger partial charge is 0.222 e. The number of fused-ring (bicyclic) bond motifs is 1. The summed E-state index contributed by atoms with van der Waals surface area (Å²) in [7, 11) is 0. The molecular formula is C15H29Cl2N3O. The third-order valence-corrected chi connectivity index (χ3v) is 5.17. The average molecular weight is 338 g/mol. The Morgan fingerprint density at radius 2 is 1.81 bits per heavy atom. The molecule has 6 heteroatoms. The summed E-state index contributed by atoms with van der Waals surface area (Å²) in [5.74, 6) is 1.18. The lowest BCUT2D eigenvalue weighted by Crippen LogP contribution is -2.52. The Labute approximate surface area is 140 Å². The first-order valence-electron chi connectivity index (χ1n) is 8.05. The maximum atomic E-state index is 12.3. The molecule has 21 heavy (non-hydrogen) atoms. The Bertz CT molecular complexity index is 324. The van der Waals surface area contributed by atoms with Crippen LogP contribution in [0.4, 0.5) is 0 Å². The zero-order chi connectivity index (χ0) is 13.1. The summed E-state index contributed by atoms with van der Waals surface area (Å²) in [6.45, 7) is 6.58. The summed E-state index contributed by atoms with van der Waals surface area (Å²) < 4.78 is 0. The van der Waals surface area contributed by atoms with Crippen molar-refractivity contribution in [2.75, 3.05) is 39.3 Å². The highest BCUT2D eigenvalue weighted by Crippen LogP contribution is 2.23. The molecule has 3 fully saturated rings. The zero-order valence-corrected chi connectivity index (χ0v) is 14.4. The minimum absolute atomic E-state index is 0. The fraction of sp³-hybridized carbons (Fsp3) is 0.933. The van der Waals surface area contributed by atoms with Gasteiger partial charge in [0.05, 0.1) is 0 Å². The molecule has 3 rings (SSSR count). The van der Waals surface area contributed by atoms with Crippen molar-refractivity contribution in [3.05, 3.63) is 0 Å². The van der Waals surface area contributed by atoms with Gasteiger partial charge < -0.3 is 10.2 Å². The number of hydrogen-bond donors (Lipinski definition) is 1. The highest BCUT2D eigenvalue weighted by Gasteiger charge is 2.32. The quantitative estimate of drug-likeness (QED) is 0.854. The van der Waals surface area contributed by atoms with Crippen LogP contribution in [-0.2, 0) is 4.79 Å². The fourth-order valence-corrected chi connectivity index (χ4v) is 3.87. The van der Waals surface area contributed by atoms with E-state index in [-0.39, 0.29) is 24.8 Å². The van der Waals surface area contributed by atoms with Crippen molar-refractivity contribution in [3.8, 4) is 0 Å². The maximum Gasteiger partial charge on any atom is 0.222 e. The third kappa shape index (κ3) is 4.98. The van der Waals surface area contributed by atoms with Gasteiger partial charge in [-0.15, -0.1) is 24.8 Å². The number of nitrogens with one attached hydrogen (secondary N) is 1. The molecule has 0 aromatic carbocycles. The lowest BCUT2D eigenvalue weighted by molar-refractivity contribution is -0.134. The topological polar surface area (TPSA) is 35.6 Å². The van der Waals surface area contributed by atoms with Crippen molar-refractivity contribution in [3.63, 3.8) is 0 Å². The first-order valence-corrected chi connectivity index (χ1v) is 8.05. The number of piperidine rings is 1. The lowest BCUT2D eigenvalue weighted by atomic mass is 9.93. The van der Waals surface area contributed by atoms with Crippen molar-refractivity contribution in [1.82, 2.24) is 15.1 Å². The number of carbonyl (C=O) groups excluding carboxylic acids is 1. The molecule has 1 amide bonds. The summed E-state index contributed by atoms with van der Waals surface area (Å²) >= 11 is 0. The van der Waals surface area contributed by atoms with E-state index >= 15 is 0 Å². The second-order valence-electron chi connectivity index (χ2n) is 6.40. The third-order valence-electron chi connectivity index (χ3n) is 5.17. The van der Waals surface area contributed by atoms with E-state index in [1.165, 1.54) is 32.2 Å². The van der Waals surface area contributed by atoms with Gasteiger partial charge in [-0.3, -0.25) is 9.69 Å². The van der Waals surface area contributed by atoms with Crippen LogP contribution in [0.15, 0.2) is 0 Å². The van der Waals surface area contributed by atoms with Gasteiger partial charge in [-0.05, 0) is 57.7 Å². The predicted molar refractivity (Wildman–Crippen MR) is 90.5 cm³/mol. The van der Waals surface area contributed by atoms with Gasteiger partial charge >= 0.3 is 0 Å². The molecule has 0 spiro atoms. The summed E-state index contributed by atoms with van der Waals surface area (Å²) in [5.41, 5.74) is 0. The van der Waals surface area contributed by atoms with Crippen LogP contribution in [0, 0.1) is 5.92 Å². The molecule has 124 valence electrons. The first-order chi connectivity index (χ1) is 9.33. The Morgan fingerprint density at radius 1 is 1.05 bits per heavy atom. The molecule has 3 aliphatic heterocycles. The van der Waals surface area contributed by atoms with Crippen molar-refractivity contribution < 1.29 is 4.79 Å². The number of hydrogen-bond acceptors (Lipinski definition) is 3. The molecule has 0 aliphatic carbocycles. The van der Waals surface area contributed by atoms with Crippen molar-refractivity contribution in [2.24, 2.45) is 5.92 Å². The molecule has 1 N–H and O–H groups in total. The van der Waals surface area contributed by atoms with Gasteiger partial charge in [0.25, 0.3) is 0 Å². The van der Waals surface area contributed by atoms with Gasteiger partial charge in [-0.2, -0.15) is 0 Å². The fourth-order valence-electron chi connectivity index (χ4n) is 3.87. The van der Waals surface area contributed by atoms with E-state index in [1.54, 1.807) is 0 Å². The summed E-state index contributed by atoms with van der Waals surface area (Å²) in [6.07, 6.45) is 7.00. The number of piperazine rings is 1. The first kappa shape index (κ1) is 19.0. The average Bonchev–Trinajstić information content (AvgIpc) is 2.93. The summed E-state index contributed by atoms with van der Waals surface area (Å²) in [5, 5.41) is 3.39. The van der Waals surface area contributed by atoms with E-state index in [9.17, 15) is 4.79 Å². The summed E-state index contributed by atoms with van der Waals surface area (Å²) in [4.78, 5) is 17.0.